The van der Waals surface area contributed by atoms with Crippen molar-refractivity contribution in [1.82, 2.24) is 0 Å². The Morgan fingerprint density at radius 1 is 1.33 bits per heavy atom. The van der Waals surface area contributed by atoms with Crippen LogP contribution >= 0.6 is 0 Å². The minimum Gasteiger partial charge on any atom is -0.488 e. The van der Waals surface area contributed by atoms with E-state index in [0.717, 1.165) is 0 Å². The highest BCUT2D eigenvalue weighted by Gasteiger charge is 2.18. The average Bonchev–Trinajstić information content (AvgIpc) is 2.08. The van der Waals surface area contributed by atoms with Gasteiger partial charge in [-0.3, -0.25) is 0 Å². The van der Waals surface area contributed by atoms with Crippen LogP contribution in [0.3, 0.4) is 0 Å². The van der Waals surface area contributed by atoms with Crippen molar-refractivity contribution >= 4 is 12.6 Å². The second-order valence-corrected chi connectivity index (χ2v) is 3.68. The molecule has 0 amide bonds. The minimum atomic E-state index is -1.61. The van der Waals surface area contributed by atoms with Crippen LogP contribution in [0.25, 0.3) is 0 Å². The summed E-state index contributed by atoms with van der Waals surface area (Å²) >= 11 is 0. The number of hydrogen-bond donors (Lipinski definition) is 2. The molecule has 0 spiro atoms. The van der Waals surface area contributed by atoms with Crippen molar-refractivity contribution < 1.29 is 19.2 Å². The topological polar surface area (TPSA) is 49.7 Å². The third-order valence-electron chi connectivity index (χ3n) is 1.96. The Balaban J connectivity index is 3.11. The molecule has 0 aliphatic rings. The fourth-order valence-electron chi connectivity index (χ4n) is 1.29. The summed E-state index contributed by atoms with van der Waals surface area (Å²) in [6.45, 7) is 5.15. The minimum absolute atomic E-state index is 0.0405. The summed E-state index contributed by atoms with van der Waals surface area (Å²) in [6.07, 6.45) is -0.161. The van der Waals surface area contributed by atoms with Gasteiger partial charge in [-0.15, -0.1) is 0 Å². The van der Waals surface area contributed by atoms with Gasteiger partial charge in [-0.05, 0) is 43.9 Å². The third kappa shape index (κ3) is 2.94. The molecule has 0 heterocycles. The zero-order valence-corrected chi connectivity index (χ0v) is 8.99. The molecule has 0 saturated carbocycles. The van der Waals surface area contributed by atoms with Crippen LogP contribution in [0, 0.1) is 12.7 Å². The highest BCUT2D eigenvalue weighted by molar-refractivity contribution is 6.59. The standard InChI is InChI=1S/C10H14BFO3/c1-6(2)15-10-5-8(11(13)14)7(3)4-9(10)12/h4-6,13-14H,1-3H3. The lowest BCUT2D eigenvalue weighted by atomic mass is 9.77. The maximum atomic E-state index is 13.4. The van der Waals surface area contributed by atoms with Crippen LogP contribution in [0.2, 0.25) is 0 Å². The molecule has 0 fully saturated rings. The van der Waals surface area contributed by atoms with Gasteiger partial charge in [0.1, 0.15) is 0 Å². The molecular weight excluding hydrogens is 198 g/mol. The molecule has 0 aliphatic carbocycles. The van der Waals surface area contributed by atoms with E-state index in [1.54, 1.807) is 20.8 Å². The zero-order valence-electron chi connectivity index (χ0n) is 8.99. The summed E-state index contributed by atoms with van der Waals surface area (Å²) < 4.78 is 18.6. The van der Waals surface area contributed by atoms with Crippen molar-refractivity contribution in [2.75, 3.05) is 0 Å². The molecular formula is C10H14BFO3. The number of rotatable bonds is 3. The van der Waals surface area contributed by atoms with Crippen LogP contribution < -0.4 is 10.2 Å². The van der Waals surface area contributed by atoms with Crippen LogP contribution in [-0.4, -0.2) is 23.3 Å². The molecule has 1 aromatic carbocycles. The van der Waals surface area contributed by atoms with E-state index in [1.807, 2.05) is 0 Å². The first-order chi connectivity index (χ1) is 6.91. The second kappa shape index (κ2) is 4.64. The normalized spacial score (nSPS) is 10.6. The van der Waals surface area contributed by atoms with Crippen molar-refractivity contribution in [3.05, 3.63) is 23.5 Å². The molecule has 1 rings (SSSR count). The fourth-order valence-corrected chi connectivity index (χ4v) is 1.29. The number of ether oxygens (including phenoxy) is 1. The zero-order chi connectivity index (χ0) is 11.6. The van der Waals surface area contributed by atoms with Crippen molar-refractivity contribution in [2.24, 2.45) is 0 Å². The third-order valence-corrected chi connectivity index (χ3v) is 1.96. The Kier molecular flexibility index (Phi) is 3.71. The molecule has 0 radical (unpaired) electrons. The molecule has 0 bridgehead atoms. The smallest absolute Gasteiger partial charge is 0.488 e. The van der Waals surface area contributed by atoms with Crippen LogP contribution in [0.4, 0.5) is 4.39 Å². The lowest BCUT2D eigenvalue weighted by Gasteiger charge is -2.13. The average molecular weight is 212 g/mol. The molecule has 3 nitrogen and oxygen atoms in total. The Morgan fingerprint density at radius 2 is 1.93 bits per heavy atom. The van der Waals surface area contributed by atoms with Crippen molar-refractivity contribution in [3.8, 4) is 5.75 Å². The first-order valence-corrected chi connectivity index (χ1v) is 4.74. The van der Waals surface area contributed by atoms with Crippen molar-refractivity contribution in [3.63, 3.8) is 0 Å². The van der Waals surface area contributed by atoms with Gasteiger partial charge in [-0.2, -0.15) is 0 Å². The number of halogens is 1. The molecule has 0 aliphatic heterocycles. The molecule has 5 heteroatoms. The van der Waals surface area contributed by atoms with Gasteiger partial charge in [0.05, 0.1) is 6.10 Å². The largest absolute Gasteiger partial charge is 0.488 e. The quantitative estimate of drug-likeness (QED) is 0.721. The highest BCUT2D eigenvalue weighted by Crippen LogP contribution is 2.18. The molecule has 0 atom stereocenters. The van der Waals surface area contributed by atoms with E-state index in [2.05, 4.69) is 0 Å². The molecule has 0 saturated heterocycles. The first kappa shape index (κ1) is 12.0. The number of hydrogen-bond acceptors (Lipinski definition) is 3. The predicted molar refractivity (Wildman–Crippen MR) is 56.7 cm³/mol. The van der Waals surface area contributed by atoms with Gasteiger partial charge in [-0.1, -0.05) is 0 Å². The lowest BCUT2D eigenvalue weighted by Crippen LogP contribution is -2.32. The van der Waals surface area contributed by atoms with Gasteiger partial charge in [-0.25, -0.2) is 4.39 Å². The summed E-state index contributed by atoms with van der Waals surface area (Å²) in [7, 11) is -1.61. The lowest BCUT2D eigenvalue weighted by molar-refractivity contribution is 0.231. The van der Waals surface area contributed by atoms with Crippen LogP contribution in [0.5, 0.6) is 5.75 Å². The summed E-state index contributed by atoms with van der Waals surface area (Å²) in [5.41, 5.74) is 0.741. The van der Waals surface area contributed by atoms with Crippen LogP contribution in [0.15, 0.2) is 12.1 Å². The van der Waals surface area contributed by atoms with Gasteiger partial charge in [0, 0.05) is 0 Å². The predicted octanol–water partition coefficient (Wildman–Crippen LogP) is 0.601. The maximum absolute atomic E-state index is 13.4. The van der Waals surface area contributed by atoms with E-state index in [0.29, 0.717) is 5.56 Å². The van der Waals surface area contributed by atoms with E-state index < -0.39 is 12.9 Å². The number of benzene rings is 1. The summed E-state index contributed by atoms with van der Waals surface area (Å²) in [6, 6.07) is 2.54. The van der Waals surface area contributed by atoms with Crippen molar-refractivity contribution in [1.29, 1.82) is 0 Å². The van der Waals surface area contributed by atoms with Gasteiger partial charge in [0.25, 0.3) is 0 Å². The van der Waals surface area contributed by atoms with Gasteiger partial charge < -0.3 is 14.8 Å². The Bertz CT molecular complexity index is 353. The Labute approximate surface area is 88.7 Å². The maximum Gasteiger partial charge on any atom is 0.488 e. The monoisotopic (exact) mass is 212 g/mol. The second-order valence-electron chi connectivity index (χ2n) is 3.68. The van der Waals surface area contributed by atoms with E-state index in [1.165, 1.54) is 12.1 Å². The summed E-state index contributed by atoms with van der Waals surface area (Å²) in [5, 5.41) is 18.1. The fraction of sp³-hybridized carbons (Fsp3) is 0.400. The van der Waals surface area contributed by atoms with Crippen LogP contribution in [-0.2, 0) is 0 Å². The molecule has 1 aromatic rings. The Hall–Kier alpha value is -1.07. The molecule has 15 heavy (non-hydrogen) atoms. The summed E-state index contributed by atoms with van der Waals surface area (Å²) in [4.78, 5) is 0. The molecule has 0 aromatic heterocycles. The van der Waals surface area contributed by atoms with E-state index in [9.17, 15) is 4.39 Å². The van der Waals surface area contributed by atoms with Crippen molar-refractivity contribution in [2.45, 2.75) is 26.9 Å². The SMILES string of the molecule is Cc1cc(F)c(OC(C)C)cc1B(O)O. The van der Waals surface area contributed by atoms with Gasteiger partial charge in [0.15, 0.2) is 11.6 Å². The van der Waals surface area contributed by atoms with Gasteiger partial charge >= 0.3 is 7.12 Å². The summed E-state index contributed by atoms with van der Waals surface area (Å²) in [5.74, 6) is -0.454. The van der Waals surface area contributed by atoms with Gasteiger partial charge in [0.2, 0.25) is 0 Å². The van der Waals surface area contributed by atoms with Crippen LogP contribution in [0.1, 0.15) is 19.4 Å². The number of aryl methyl sites for hydroxylation is 1. The highest BCUT2D eigenvalue weighted by atomic mass is 19.1. The molecule has 82 valence electrons. The van der Waals surface area contributed by atoms with E-state index in [4.69, 9.17) is 14.8 Å². The van der Waals surface area contributed by atoms with E-state index in [-0.39, 0.29) is 17.3 Å². The molecule has 0 unspecified atom stereocenters. The Morgan fingerprint density at radius 3 is 2.40 bits per heavy atom. The van der Waals surface area contributed by atoms with E-state index >= 15 is 0 Å². The molecule has 2 N–H and O–H groups in total. The first-order valence-electron chi connectivity index (χ1n) is 4.74.